The minimum absolute atomic E-state index is 0.352. The molecular formula is C26H34N8O. The molecule has 1 unspecified atom stereocenters. The molecule has 0 aliphatic carbocycles. The zero-order chi connectivity index (χ0) is 23.5. The molecule has 0 amide bonds. The molecule has 3 aromatic heterocycles. The van der Waals surface area contributed by atoms with Gasteiger partial charge in [0, 0.05) is 81.8 Å². The summed E-state index contributed by atoms with van der Waals surface area (Å²) < 4.78 is 5.64. The summed E-state index contributed by atoms with van der Waals surface area (Å²) in [5.41, 5.74) is 3.22. The first-order valence-electron chi connectivity index (χ1n) is 13.0. The maximum Gasteiger partial charge on any atom is 0.229 e. The zero-order valence-corrected chi connectivity index (χ0v) is 20.2. The number of piperidine rings is 1. The van der Waals surface area contributed by atoms with Gasteiger partial charge in [-0.2, -0.15) is 0 Å². The highest BCUT2D eigenvalue weighted by atomic mass is 16.5. The minimum Gasteiger partial charge on any atom is -0.381 e. The number of fused-ring (bicyclic) bond motifs is 1. The van der Waals surface area contributed by atoms with Gasteiger partial charge in [0.25, 0.3) is 0 Å². The number of aromatic nitrogens is 4. The van der Waals surface area contributed by atoms with Crippen molar-refractivity contribution in [2.24, 2.45) is 0 Å². The summed E-state index contributed by atoms with van der Waals surface area (Å²) >= 11 is 0. The van der Waals surface area contributed by atoms with Crippen molar-refractivity contribution in [2.75, 3.05) is 62.7 Å². The number of nitrogens with one attached hydrogen (secondary N) is 2. The fourth-order valence-electron chi connectivity index (χ4n) is 5.24. The second-order valence-corrected chi connectivity index (χ2v) is 9.81. The molecule has 2 N–H and O–H groups in total. The molecule has 6 heterocycles. The molecule has 3 aliphatic rings. The molecule has 35 heavy (non-hydrogen) atoms. The number of hydrogen-bond acceptors (Lipinski definition) is 9. The molecule has 0 spiro atoms. The van der Waals surface area contributed by atoms with Crippen LogP contribution in [-0.4, -0.2) is 77.3 Å². The summed E-state index contributed by atoms with van der Waals surface area (Å²) in [7, 11) is 0. The molecule has 9 nitrogen and oxygen atoms in total. The maximum atomic E-state index is 5.64. The first kappa shape index (κ1) is 22.6. The highest BCUT2D eigenvalue weighted by Crippen LogP contribution is 2.32. The van der Waals surface area contributed by atoms with Gasteiger partial charge in [-0.1, -0.05) is 6.07 Å². The maximum absolute atomic E-state index is 5.64. The summed E-state index contributed by atoms with van der Waals surface area (Å²) in [5, 5.41) is 7.74. The number of rotatable bonds is 6. The van der Waals surface area contributed by atoms with Crippen molar-refractivity contribution in [3.8, 4) is 0 Å². The fourth-order valence-corrected chi connectivity index (χ4v) is 5.24. The molecule has 3 saturated heterocycles. The van der Waals surface area contributed by atoms with Gasteiger partial charge in [0.1, 0.15) is 11.3 Å². The van der Waals surface area contributed by atoms with Crippen LogP contribution in [0.5, 0.6) is 0 Å². The third kappa shape index (κ3) is 5.22. The Bertz CT molecular complexity index is 1140. The summed E-state index contributed by atoms with van der Waals surface area (Å²) in [6, 6.07) is 6.29. The van der Waals surface area contributed by atoms with E-state index in [0.29, 0.717) is 11.9 Å². The SMILES string of the molecule is c1cc(Nc2ncc3cc(C4CCOC4)nc(N4CCCCC4)c3n2)ncc1CN1CCNCC1. The number of pyridine rings is 2. The van der Waals surface area contributed by atoms with Gasteiger partial charge in [-0.15, -0.1) is 0 Å². The van der Waals surface area contributed by atoms with E-state index in [-0.39, 0.29) is 0 Å². The summed E-state index contributed by atoms with van der Waals surface area (Å²) in [5.74, 6) is 2.64. The van der Waals surface area contributed by atoms with Crippen LogP contribution in [0.3, 0.4) is 0 Å². The van der Waals surface area contributed by atoms with E-state index in [0.717, 1.165) is 93.7 Å². The van der Waals surface area contributed by atoms with Crippen LogP contribution >= 0.6 is 0 Å². The van der Waals surface area contributed by atoms with Crippen LogP contribution in [0.1, 0.15) is 42.9 Å². The van der Waals surface area contributed by atoms with Crippen molar-refractivity contribution in [2.45, 2.75) is 38.1 Å². The van der Waals surface area contributed by atoms with Gasteiger partial charge in [-0.25, -0.2) is 19.9 Å². The lowest BCUT2D eigenvalue weighted by molar-refractivity contribution is 0.193. The van der Waals surface area contributed by atoms with Crippen molar-refractivity contribution in [1.82, 2.24) is 30.2 Å². The summed E-state index contributed by atoms with van der Waals surface area (Å²) in [4.78, 5) is 24.1. The van der Waals surface area contributed by atoms with E-state index in [4.69, 9.17) is 14.7 Å². The van der Waals surface area contributed by atoms with Crippen LogP contribution in [0.4, 0.5) is 17.6 Å². The lowest BCUT2D eigenvalue weighted by Gasteiger charge is -2.29. The predicted molar refractivity (Wildman–Crippen MR) is 137 cm³/mol. The van der Waals surface area contributed by atoms with Crippen LogP contribution in [0.2, 0.25) is 0 Å². The molecule has 3 fully saturated rings. The fraction of sp³-hybridized carbons (Fsp3) is 0.538. The Balaban J connectivity index is 1.24. The largest absolute Gasteiger partial charge is 0.381 e. The van der Waals surface area contributed by atoms with Gasteiger partial charge in [-0.3, -0.25) is 4.90 Å². The van der Waals surface area contributed by atoms with Crippen LogP contribution in [0.25, 0.3) is 10.9 Å². The molecule has 6 rings (SSSR count). The summed E-state index contributed by atoms with van der Waals surface area (Å²) in [6.07, 6.45) is 8.55. The molecular weight excluding hydrogens is 440 g/mol. The first-order chi connectivity index (χ1) is 17.3. The van der Waals surface area contributed by atoms with E-state index >= 15 is 0 Å². The standard InChI is InChI=1S/C26H34N8O/c1-2-9-34(10-3-1)25-24-21(14-22(30-25)20-6-13-35-18-20)16-29-26(32-24)31-23-5-4-19(15-28-23)17-33-11-7-27-8-12-33/h4-5,14-16,20,27H,1-3,6-13,17-18H2,(H,28,29,31,32). The third-order valence-corrected chi connectivity index (χ3v) is 7.25. The Morgan fingerprint density at radius 3 is 2.66 bits per heavy atom. The average Bonchev–Trinajstić information content (AvgIpc) is 3.46. The Labute approximate surface area is 206 Å². The molecule has 3 aromatic rings. The van der Waals surface area contributed by atoms with Crippen molar-refractivity contribution >= 4 is 28.5 Å². The van der Waals surface area contributed by atoms with Gasteiger partial charge in [0.05, 0.1) is 6.61 Å². The molecule has 3 aliphatic heterocycles. The van der Waals surface area contributed by atoms with Crippen LogP contribution in [-0.2, 0) is 11.3 Å². The Morgan fingerprint density at radius 1 is 1.00 bits per heavy atom. The average molecular weight is 475 g/mol. The van der Waals surface area contributed by atoms with E-state index < -0.39 is 0 Å². The molecule has 0 radical (unpaired) electrons. The first-order valence-corrected chi connectivity index (χ1v) is 13.0. The molecule has 0 aromatic carbocycles. The molecule has 0 bridgehead atoms. The van der Waals surface area contributed by atoms with E-state index in [1.54, 1.807) is 0 Å². The normalized spacial score (nSPS) is 21.5. The highest BCUT2D eigenvalue weighted by Gasteiger charge is 2.24. The van der Waals surface area contributed by atoms with Gasteiger partial charge in [-0.05, 0) is 43.4 Å². The van der Waals surface area contributed by atoms with Crippen molar-refractivity contribution < 1.29 is 4.74 Å². The Hall–Kier alpha value is -2.88. The second-order valence-electron chi connectivity index (χ2n) is 9.81. The number of hydrogen-bond donors (Lipinski definition) is 2. The third-order valence-electron chi connectivity index (χ3n) is 7.25. The molecule has 0 saturated carbocycles. The highest BCUT2D eigenvalue weighted by molar-refractivity contribution is 5.89. The number of ether oxygens (including phenoxy) is 1. The van der Waals surface area contributed by atoms with E-state index in [1.807, 2.05) is 18.5 Å². The Morgan fingerprint density at radius 2 is 1.89 bits per heavy atom. The monoisotopic (exact) mass is 474 g/mol. The van der Waals surface area contributed by atoms with Crippen molar-refractivity contribution in [3.05, 3.63) is 41.9 Å². The van der Waals surface area contributed by atoms with Crippen molar-refractivity contribution in [3.63, 3.8) is 0 Å². The smallest absolute Gasteiger partial charge is 0.229 e. The summed E-state index contributed by atoms with van der Waals surface area (Å²) in [6.45, 7) is 8.79. The van der Waals surface area contributed by atoms with Gasteiger partial charge in [0.2, 0.25) is 5.95 Å². The number of nitrogens with zero attached hydrogens (tertiary/aromatic N) is 6. The quantitative estimate of drug-likeness (QED) is 0.559. The van der Waals surface area contributed by atoms with Gasteiger partial charge in [0.15, 0.2) is 5.82 Å². The van der Waals surface area contributed by atoms with Gasteiger partial charge < -0.3 is 20.3 Å². The minimum atomic E-state index is 0.352. The van der Waals surface area contributed by atoms with Crippen molar-refractivity contribution in [1.29, 1.82) is 0 Å². The number of anilines is 3. The van der Waals surface area contributed by atoms with E-state index in [1.165, 1.54) is 24.8 Å². The van der Waals surface area contributed by atoms with Crippen LogP contribution in [0, 0.1) is 0 Å². The van der Waals surface area contributed by atoms with E-state index in [2.05, 4.69) is 42.5 Å². The number of piperazine rings is 1. The van der Waals surface area contributed by atoms with Crippen LogP contribution < -0.4 is 15.5 Å². The van der Waals surface area contributed by atoms with Gasteiger partial charge >= 0.3 is 0 Å². The zero-order valence-electron chi connectivity index (χ0n) is 20.2. The lowest BCUT2D eigenvalue weighted by Crippen LogP contribution is -2.42. The van der Waals surface area contributed by atoms with Crippen LogP contribution in [0.15, 0.2) is 30.6 Å². The predicted octanol–water partition coefficient (Wildman–Crippen LogP) is 3.06. The molecule has 1 atom stereocenters. The van der Waals surface area contributed by atoms with E-state index in [9.17, 15) is 0 Å². The molecule has 9 heteroatoms. The lowest BCUT2D eigenvalue weighted by atomic mass is 10.0. The molecule has 184 valence electrons. The Kier molecular flexibility index (Phi) is 6.70. The second kappa shape index (κ2) is 10.4. The topological polar surface area (TPSA) is 91.3 Å².